The second kappa shape index (κ2) is 10.3. The van der Waals surface area contributed by atoms with E-state index in [2.05, 4.69) is 22.5 Å². The van der Waals surface area contributed by atoms with Gasteiger partial charge in [-0.2, -0.15) is 16.1 Å². The molecule has 0 bridgehead atoms. The van der Waals surface area contributed by atoms with Crippen LogP contribution in [-0.4, -0.2) is 67.8 Å². The second-order valence-corrected chi connectivity index (χ2v) is 8.43. The lowest BCUT2D eigenvalue weighted by Crippen LogP contribution is -2.37. The number of aromatic amines is 1. The molecule has 1 saturated heterocycles. The monoisotopic (exact) mass is 396 g/mol. The number of thioether (sulfide) groups is 1. The molecule has 2 rings (SSSR count). The van der Waals surface area contributed by atoms with E-state index in [1.54, 1.807) is 11.8 Å². The van der Waals surface area contributed by atoms with Gasteiger partial charge in [0.25, 0.3) is 5.91 Å². The van der Waals surface area contributed by atoms with E-state index in [4.69, 9.17) is 0 Å². The van der Waals surface area contributed by atoms with Crippen molar-refractivity contribution in [3.05, 3.63) is 18.0 Å². The van der Waals surface area contributed by atoms with Crippen LogP contribution in [-0.2, 0) is 10.0 Å². The molecule has 1 aromatic rings. The van der Waals surface area contributed by atoms with Gasteiger partial charge >= 0.3 is 0 Å². The average molecular weight is 397 g/mol. The van der Waals surface area contributed by atoms with Crippen LogP contribution in [0.2, 0.25) is 0 Å². The summed E-state index contributed by atoms with van der Waals surface area (Å²) < 4.78 is 26.5. The van der Waals surface area contributed by atoms with Crippen LogP contribution in [0.3, 0.4) is 0 Å². The van der Waals surface area contributed by atoms with Crippen LogP contribution < -0.4 is 10.6 Å². The van der Waals surface area contributed by atoms with Gasteiger partial charge in [0.15, 0.2) is 0 Å². The van der Waals surface area contributed by atoms with Crippen molar-refractivity contribution in [2.75, 3.05) is 44.2 Å². The molecule has 2 heterocycles. The molecule has 1 aromatic heterocycles. The van der Waals surface area contributed by atoms with Crippen LogP contribution in [0.4, 0.5) is 0 Å². The van der Waals surface area contributed by atoms with Gasteiger partial charge in [0.1, 0.15) is 10.6 Å². The Bertz CT molecular complexity index is 615. The Morgan fingerprint density at radius 3 is 2.67 bits per heavy atom. The largest absolute Gasteiger partial charge is 0.356 e. The first-order valence-electron chi connectivity index (χ1n) is 7.81. The van der Waals surface area contributed by atoms with E-state index >= 15 is 0 Å². The quantitative estimate of drug-likeness (QED) is 0.567. The van der Waals surface area contributed by atoms with Crippen molar-refractivity contribution >= 4 is 40.1 Å². The molecule has 0 radical (unpaired) electrons. The highest BCUT2D eigenvalue weighted by Crippen LogP contribution is 2.20. The fraction of sp³-hybridized carbons (Fsp3) is 0.643. The van der Waals surface area contributed by atoms with Crippen LogP contribution in [0.15, 0.2) is 17.2 Å². The third kappa shape index (κ3) is 5.66. The molecule has 10 heteroatoms. The molecular formula is C14H25ClN4O3S2. The molecular weight excluding hydrogens is 372 g/mol. The van der Waals surface area contributed by atoms with Gasteiger partial charge in [0.2, 0.25) is 10.0 Å². The molecule has 0 atom stereocenters. The highest BCUT2D eigenvalue weighted by molar-refractivity contribution is 7.99. The molecule has 7 nitrogen and oxygen atoms in total. The van der Waals surface area contributed by atoms with Gasteiger partial charge in [-0.15, -0.1) is 12.4 Å². The van der Waals surface area contributed by atoms with Gasteiger partial charge in [-0.05, 0) is 19.0 Å². The fourth-order valence-corrected chi connectivity index (χ4v) is 4.82. The number of carbonyl (C=O) groups is 1. The molecule has 0 aromatic carbocycles. The molecule has 1 fully saturated rings. The number of halogens is 1. The maximum absolute atomic E-state index is 12.5. The van der Waals surface area contributed by atoms with Gasteiger partial charge in [0, 0.05) is 43.9 Å². The Balaban J connectivity index is 0.00000288. The zero-order valence-electron chi connectivity index (χ0n) is 13.7. The molecule has 138 valence electrons. The van der Waals surface area contributed by atoms with Gasteiger partial charge in [-0.1, -0.05) is 6.92 Å². The number of aromatic nitrogens is 1. The van der Waals surface area contributed by atoms with Crippen molar-refractivity contribution < 1.29 is 13.2 Å². The normalized spacial score (nSPS) is 15.7. The SMILES string of the molecule is CCCNCCNC(=O)c1cc(S(=O)(=O)N2CCSCC2)c[nH]1.Cl. The molecule has 3 N–H and O–H groups in total. The van der Waals surface area contributed by atoms with Crippen molar-refractivity contribution in [3.8, 4) is 0 Å². The Labute approximate surface area is 153 Å². The molecule has 1 amide bonds. The number of hydrogen-bond acceptors (Lipinski definition) is 5. The molecule has 1 aliphatic rings. The number of sulfonamides is 1. The highest BCUT2D eigenvalue weighted by Gasteiger charge is 2.27. The van der Waals surface area contributed by atoms with E-state index in [0.717, 1.165) is 24.5 Å². The topological polar surface area (TPSA) is 94.3 Å². The lowest BCUT2D eigenvalue weighted by Gasteiger charge is -2.24. The predicted octanol–water partition coefficient (Wildman–Crippen LogP) is 0.903. The molecule has 0 spiro atoms. The number of H-pyrrole nitrogens is 1. The smallest absolute Gasteiger partial charge is 0.267 e. The minimum absolute atomic E-state index is 0. The summed E-state index contributed by atoms with van der Waals surface area (Å²) >= 11 is 1.75. The van der Waals surface area contributed by atoms with Crippen LogP contribution >= 0.6 is 24.2 Å². The Morgan fingerprint density at radius 1 is 1.29 bits per heavy atom. The highest BCUT2D eigenvalue weighted by atomic mass is 35.5. The number of rotatable bonds is 8. The molecule has 0 unspecified atom stereocenters. The summed E-state index contributed by atoms with van der Waals surface area (Å²) in [5, 5.41) is 5.94. The Morgan fingerprint density at radius 2 is 2.00 bits per heavy atom. The van der Waals surface area contributed by atoms with Crippen LogP contribution in [0.1, 0.15) is 23.8 Å². The summed E-state index contributed by atoms with van der Waals surface area (Å²) in [5.41, 5.74) is 0.269. The van der Waals surface area contributed by atoms with Crippen molar-refractivity contribution in [3.63, 3.8) is 0 Å². The molecule has 24 heavy (non-hydrogen) atoms. The predicted molar refractivity (Wildman–Crippen MR) is 99.6 cm³/mol. The van der Waals surface area contributed by atoms with E-state index < -0.39 is 10.0 Å². The summed E-state index contributed by atoms with van der Waals surface area (Å²) in [6, 6.07) is 1.41. The van der Waals surface area contributed by atoms with Gasteiger partial charge in [-0.3, -0.25) is 4.79 Å². The molecule has 1 aliphatic heterocycles. The van der Waals surface area contributed by atoms with E-state index in [1.165, 1.54) is 16.6 Å². The summed E-state index contributed by atoms with van der Waals surface area (Å²) in [6.07, 6.45) is 2.43. The van der Waals surface area contributed by atoms with E-state index in [-0.39, 0.29) is 28.9 Å². The zero-order chi connectivity index (χ0) is 16.7. The standard InChI is InChI=1S/C14H24N4O3S2.ClH/c1-2-3-15-4-5-16-14(19)13-10-12(11-17-13)23(20,21)18-6-8-22-9-7-18;/h10-11,15,17H,2-9H2,1H3,(H,16,19);1H. The minimum atomic E-state index is -3.51. The summed E-state index contributed by atoms with van der Waals surface area (Å²) in [6.45, 7) is 5.22. The molecule has 0 saturated carbocycles. The summed E-state index contributed by atoms with van der Waals surface area (Å²) in [5.74, 6) is 1.32. The van der Waals surface area contributed by atoms with Crippen LogP contribution in [0, 0.1) is 0 Å². The first-order chi connectivity index (χ1) is 11.1. The van der Waals surface area contributed by atoms with E-state index in [1.807, 2.05) is 0 Å². The van der Waals surface area contributed by atoms with Gasteiger partial charge < -0.3 is 15.6 Å². The summed E-state index contributed by atoms with van der Waals surface area (Å²) in [4.78, 5) is 14.9. The first kappa shape index (κ1) is 21.3. The number of nitrogens with one attached hydrogen (secondary N) is 3. The number of amides is 1. The lowest BCUT2D eigenvalue weighted by molar-refractivity contribution is 0.0949. The zero-order valence-corrected chi connectivity index (χ0v) is 16.2. The van der Waals surface area contributed by atoms with Gasteiger partial charge in [-0.25, -0.2) is 8.42 Å². The van der Waals surface area contributed by atoms with Crippen molar-refractivity contribution in [1.29, 1.82) is 0 Å². The van der Waals surface area contributed by atoms with E-state index in [0.29, 0.717) is 26.2 Å². The van der Waals surface area contributed by atoms with Crippen LogP contribution in [0.5, 0.6) is 0 Å². The van der Waals surface area contributed by atoms with E-state index in [9.17, 15) is 13.2 Å². The Kier molecular flexibility index (Phi) is 9.14. The fourth-order valence-electron chi connectivity index (χ4n) is 2.25. The van der Waals surface area contributed by atoms with Crippen molar-refractivity contribution in [2.24, 2.45) is 0 Å². The van der Waals surface area contributed by atoms with Crippen LogP contribution in [0.25, 0.3) is 0 Å². The second-order valence-electron chi connectivity index (χ2n) is 5.27. The van der Waals surface area contributed by atoms with Crippen molar-refractivity contribution in [1.82, 2.24) is 19.9 Å². The minimum Gasteiger partial charge on any atom is -0.356 e. The maximum atomic E-state index is 12.5. The molecule has 0 aliphatic carbocycles. The van der Waals surface area contributed by atoms with Gasteiger partial charge in [0.05, 0.1) is 0 Å². The Hall–Kier alpha value is -0.740. The van der Waals surface area contributed by atoms with Crippen molar-refractivity contribution in [2.45, 2.75) is 18.2 Å². The number of carbonyl (C=O) groups excluding carboxylic acids is 1. The lowest BCUT2D eigenvalue weighted by atomic mass is 10.4. The number of hydrogen-bond donors (Lipinski definition) is 3. The average Bonchev–Trinajstić information content (AvgIpc) is 3.06. The third-order valence-electron chi connectivity index (χ3n) is 3.52. The first-order valence-corrected chi connectivity index (χ1v) is 10.4. The maximum Gasteiger partial charge on any atom is 0.267 e. The number of nitrogens with zero attached hydrogens (tertiary/aromatic N) is 1. The third-order valence-corrected chi connectivity index (χ3v) is 6.34. The summed E-state index contributed by atoms with van der Waals surface area (Å²) in [7, 11) is -3.51.